The van der Waals surface area contributed by atoms with Crippen LogP contribution in [0.15, 0.2) is 0 Å². The topological polar surface area (TPSA) is 78.9 Å². The van der Waals surface area contributed by atoms with Gasteiger partial charge in [0.1, 0.15) is 18.3 Å². The third kappa shape index (κ3) is 6.48. The lowest BCUT2D eigenvalue weighted by Gasteiger charge is -2.34. The fraction of sp³-hybridized carbons (Fsp3) is 0.885. The molecule has 0 saturated heterocycles. The summed E-state index contributed by atoms with van der Waals surface area (Å²) in [6, 6.07) is 0. The number of hydrogen-bond donors (Lipinski definition) is 0. The molecule has 0 radical (unpaired) electrons. The number of rotatable bonds is 9. The standard InChI is InChI=1S/C26H42O6/c1-2-3-19-26(23(27)30-20-13-7-4-8-14-20,24(28)31-21-15-9-5-10-16-21)25(29)32-22-17-11-6-12-18-22/h20-22H,2-19H2,1H3. The van der Waals surface area contributed by atoms with Crippen LogP contribution in [-0.2, 0) is 28.6 Å². The third-order valence-electron chi connectivity index (χ3n) is 7.43. The first-order chi connectivity index (χ1) is 15.6. The fourth-order valence-corrected chi connectivity index (χ4v) is 5.30. The van der Waals surface area contributed by atoms with Crippen LogP contribution in [0.1, 0.15) is 122 Å². The average Bonchev–Trinajstić information content (AvgIpc) is 2.81. The first-order valence-corrected chi connectivity index (χ1v) is 13.2. The molecule has 182 valence electrons. The van der Waals surface area contributed by atoms with Gasteiger partial charge in [0, 0.05) is 0 Å². The Bertz CT molecular complexity index is 533. The minimum atomic E-state index is -2.00. The second kappa shape index (κ2) is 12.6. The number of esters is 3. The summed E-state index contributed by atoms with van der Waals surface area (Å²) in [5.41, 5.74) is -2.00. The highest BCUT2D eigenvalue weighted by atomic mass is 16.6. The van der Waals surface area contributed by atoms with Crippen LogP contribution in [0.3, 0.4) is 0 Å². The minimum absolute atomic E-state index is 0.0894. The summed E-state index contributed by atoms with van der Waals surface area (Å²) in [6.07, 6.45) is 14.8. The summed E-state index contributed by atoms with van der Waals surface area (Å²) in [7, 11) is 0. The molecule has 0 heterocycles. The second-order valence-electron chi connectivity index (χ2n) is 10.0. The number of carbonyl (C=O) groups excluding carboxylic acids is 3. The highest BCUT2D eigenvalue weighted by Crippen LogP contribution is 2.36. The Morgan fingerprint density at radius 3 is 1.19 bits per heavy atom. The van der Waals surface area contributed by atoms with Gasteiger partial charge in [0.2, 0.25) is 0 Å². The maximum absolute atomic E-state index is 13.6. The Kier molecular flexibility index (Phi) is 9.86. The maximum atomic E-state index is 13.6. The monoisotopic (exact) mass is 450 g/mol. The van der Waals surface area contributed by atoms with Crippen molar-refractivity contribution in [3.8, 4) is 0 Å². The minimum Gasteiger partial charge on any atom is -0.461 e. The molecule has 0 aliphatic heterocycles. The Hall–Kier alpha value is -1.59. The number of ether oxygens (including phenoxy) is 3. The molecule has 0 spiro atoms. The molecule has 0 atom stereocenters. The van der Waals surface area contributed by atoms with Crippen molar-refractivity contribution in [2.24, 2.45) is 5.41 Å². The van der Waals surface area contributed by atoms with Gasteiger partial charge in [-0.15, -0.1) is 0 Å². The zero-order chi connectivity index (χ0) is 22.8. The quantitative estimate of drug-likeness (QED) is 0.251. The molecule has 0 amide bonds. The van der Waals surface area contributed by atoms with Gasteiger partial charge in [-0.25, -0.2) is 0 Å². The SMILES string of the molecule is CCCCC(C(=O)OC1CCCCC1)(C(=O)OC1CCCCC1)C(=O)OC1CCCCC1. The van der Waals surface area contributed by atoms with Crippen LogP contribution in [0.25, 0.3) is 0 Å². The zero-order valence-electron chi connectivity index (χ0n) is 19.9. The molecule has 3 rings (SSSR count). The van der Waals surface area contributed by atoms with Gasteiger partial charge in [0.15, 0.2) is 0 Å². The van der Waals surface area contributed by atoms with Crippen molar-refractivity contribution in [2.75, 3.05) is 0 Å². The highest BCUT2D eigenvalue weighted by molar-refractivity contribution is 6.18. The van der Waals surface area contributed by atoms with Gasteiger partial charge in [-0.3, -0.25) is 14.4 Å². The van der Waals surface area contributed by atoms with E-state index in [0.717, 1.165) is 103 Å². The molecule has 32 heavy (non-hydrogen) atoms. The summed E-state index contributed by atoms with van der Waals surface area (Å²) >= 11 is 0. The lowest BCUT2D eigenvalue weighted by atomic mass is 9.81. The maximum Gasteiger partial charge on any atom is 0.335 e. The van der Waals surface area contributed by atoms with Crippen LogP contribution >= 0.6 is 0 Å². The predicted molar refractivity (Wildman–Crippen MR) is 121 cm³/mol. The molecule has 0 aromatic carbocycles. The van der Waals surface area contributed by atoms with E-state index in [2.05, 4.69) is 0 Å². The fourth-order valence-electron chi connectivity index (χ4n) is 5.30. The van der Waals surface area contributed by atoms with Gasteiger partial charge in [0.05, 0.1) is 0 Å². The molecule has 3 aliphatic rings. The van der Waals surface area contributed by atoms with Crippen molar-refractivity contribution in [3.05, 3.63) is 0 Å². The Labute approximate surface area is 193 Å². The van der Waals surface area contributed by atoms with Crippen molar-refractivity contribution in [1.82, 2.24) is 0 Å². The molecule has 0 aromatic rings. The van der Waals surface area contributed by atoms with Crippen LogP contribution in [-0.4, -0.2) is 36.2 Å². The van der Waals surface area contributed by atoms with Crippen LogP contribution in [0.4, 0.5) is 0 Å². The summed E-state index contributed by atoms with van der Waals surface area (Å²) in [5, 5.41) is 0. The van der Waals surface area contributed by atoms with Crippen LogP contribution in [0, 0.1) is 5.41 Å². The third-order valence-corrected chi connectivity index (χ3v) is 7.43. The summed E-state index contributed by atoms with van der Waals surface area (Å²) in [5.74, 6) is -2.25. The lowest BCUT2D eigenvalue weighted by molar-refractivity contribution is -0.193. The predicted octanol–water partition coefficient (Wildman–Crippen LogP) is 5.79. The molecular formula is C26H42O6. The van der Waals surface area contributed by atoms with Gasteiger partial charge >= 0.3 is 17.9 Å². The van der Waals surface area contributed by atoms with E-state index in [1.54, 1.807) is 0 Å². The second-order valence-corrected chi connectivity index (χ2v) is 10.0. The van der Waals surface area contributed by atoms with Crippen molar-refractivity contribution in [3.63, 3.8) is 0 Å². The molecule has 3 fully saturated rings. The Morgan fingerprint density at radius 2 is 0.906 bits per heavy atom. The van der Waals surface area contributed by atoms with Gasteiger partial charge in [-0.05, 0) is 83.5 Å². The van der Waals surface area contributed by atoms with E-state index >= 15 is 0 Å². The summed E-state index contributed by atoms with van der Waals surface area (Å²) in [6.45, 7) is 1.98. The van der Waals surface area contributed by atoms with Gasteiger partial charge < -0.3 is 14.2 Å². The van der Waals surface area contributed by atoms with Crippen LogP contribution < -0.4 is 0 Å². The average molecular weight is 451 g/mol. The molecular weight excluding hydrogens is 408 g/mol. The van der Waals surface area contributed by atoms with Gasteiger partial charge in [-0.2, -0.15) is 0 Å². The molecule has 6 nitrogen and oxygen atoms in total. The van der Waals surface area contributed by atoms with E-state index in [1.165, 1.54) is 0 Å². The van der Waals surface area contributed by atoms with E-state index in [9.17, 15) is 14.4 Å². The van der Waals surface area contributed by atoms with Gasteiger partial charge in [0.25, 0.3) is 5.41 Å². The van der Waals surface area contributed by atoms with Crippen LogP contribution in [0.2, 0.25) is 0 Å². The van der Waals surface area contributed by atoms with E-state index in [4.69, 9.17) is 14.2 Å². The van der Waals surface area contributed by atoms with Crippen molar-refractivity contribution >= 4 is 17.9 Å². The van der Waals surface area contributed by atoms with E-state index < -0.39 is 23.3 Å². The molecule has 0 bridgehead atoms. The van der Waals surface area contributed by atoms with Crippen molar-refractivity contribution in [1.29, 1.82) is 0 Å². The van der Waals surface area contributed by atoms with Crippen molar-refractivity contribution in [2.45, 2.75) is 141 Å². The first kappa shape index (κ1) is 25.0. The Morgan fingerprint density at radius 1 is 0.594 bits per heavy atom. The first-order valence-electron chi connectivity index (χ1n) is 13.2. The normalized spacial score (nSPS) is 21.7. The van der Waals surface area contributed by atoms with Crippen LogP contribution in [0.5, 0.6) is 0 Å². The largest absolute Gasteiger partial charge is 0.461 e. The molecule has 3 aliphatic carbocycles. The zero-order valence-corrected chi connectivity index (χ0v) is 19.9. The Balaban J connectivity index is 1.83. The van der Waals surface area contributed by atoms with E-state index in [-0.39, 0.29) is 24.7 Å². The number of unbranched alkanes of at least 4 members (excludes halogenated alkanes) is 1. The molecule has 3 saturated carbocycles. The smallest absolute Gasteiger partial charge is 0.335 e. The van der Waals surface area contributed by atoms with E-state index in [0.29, 0.717) is 6.42 Å². The number of hydrogen-bond acceptors (Lipinski definition) is 6. The summed E-state index contributed by atoms with van der Waals surface area (Å²) < 4.78 is 17.5. The van der Waals surface area contributed by atoms with Gasteiger partial charge in [-0.1, -0.05) is 39.0 Å². The summed E-state index contributed by atoms with van der Waals surface area (Å²) in [4.78, 5) is 40.7. The molecule has 6 heteroatoms. The molecule has 0 N–H and O–H groups in total. The number of carbonyl (C=O) groups is 3. The van der Waals surface area contributed by atoms with Crippen molar-refractivity contribution < 1.29 is 28.6 Å². The van der Waals surface area contributed by atoms with E-state index in [1.807, 2.05) is 6.92 Å². The lowest BCUT2D eigenvalue weighted by Crippen LogP contribution is -2.52. The highest BCUT2D eigenvalue weighted by Gasteiger charge is 2.58. The molecule has 0 unspecified atom stereocenters. The molecule has 0 aromatic heterocycles.